The van der Waals surface area contributed by atoms with E-state index in [0.29, 0.717) is 0 Å². The van der Waals surface area contributed by atoms with E-state index in [1.165, 1.54) is 16.7 Å². The first-order chi connectivity index (χ1) is 11.7. The fraction of sp³-hybridized carbons (Fsp3) is 0.350. The van der Waals surface area contributed by atoms with E-state index < -0.39 is 0 Å². The number of aromatic nitrogens is 2. The van der Waals surface area contributed by atoms with E-state index in [-0.39, 0.29) is 0 Å². The molecule has 4 rings (SSSR count). The van der Waals surface area contributed by atoms with Gasteiger partial charge < -0.3 is 9.72 Å². The Labute approximate surface area is 143 Å². The van der Waals surface area contributed by atoms with Crippen LogP contribution in [0.3, 0.4) is 0 Å². The number of hydrogen-bond acceptors (Lipinski definition) is 3. The van der Waals surface area contributed by atoms with Gasteiger partial charge in [-0.2, -0.15) is 0 Å². The van der Waals surface area contributed by atoms with Gasteiger partial charge in [0.2, 0.25) is 0 Å². The summed E-state index contributed by atoms with van der Waals surface area (Å²) in [6.07, 6.45) is 0. The van der Waals surface area contributed by atoms with E-state index in [0.717, 1.165) is 42.3 Å². The van der Waals surface area contributed by atoms with Crippen LogP contribution in [0.4, 0.5) is 0 Å². The number of imidazole rings is 1. The Balaban J connectivity index is 0.000000815. The molecule has 0 bridgehead atoms. The van der Waals surface area contributed by atoms with Crippen LogP contribution in [0.15, 0.2) is 36.4 Å². The van der Waals surface area contributed by atoms with E-state index in [4.69, 9.17) is 4.74 Å². The Morgan fingerprint density at radius 1 is 1.08 bits per heavy atom. The quantitative estimate of drug-likeness (QED) is 0.722. The maximum absolute atomic E-state index is 5.83. The van der Waals surface area contributed by atoms with Crippen molar-refractivity contribution >= 4 is 11.0 Å². The minimum absolute atomic E-state index is 0.752. The highest BCUT2D eigenvalue weighted by Crippen LogP contribution is 2.30. The third-order valence-electron chi connectivity index (χ3n) is 4.16. The van der Waals surface area contributed by atoms with Gasteiger partial charge in [0.1, 0.15) is 18.2 Å². The third kappa shape index (κ3) is 3.29. The van der Waals surface area contributed by atoms with Gasteiger partial charge in [0.25, 0.3) is 0 Å². The molecule has 126 valence electrons. The van der Waals surface area contributed by atoms with E-state index in [9.17, 15) is 0 Å². The van der Waals surface area contributed by atoms with Gasteiger partial charge in [-0.05, 0) is 49.4 Å². The summed E-state index contributed by atoms with van der Waals surface area (Å²) in [5.41, 5.74) is 5.76. The maximum atomic E-state index is 5.83. The minimum atomic E-state index is 0.752. The number of hydrogen-bond donors (Lipinski definition) is 1. The highest BCUT2D eigenvalue weighted by atomic mass is 16.5. The van der Waals surface area contributed by atoms with Gasteiger partial charge >= 0.3 is 0 Å². The summed E-state index contributed by atoms with van der Waals surface area (Å²) in [4.78, 5) is 10.1. The van der Waals surface area contributed by atoms with Crippen molar-refractivity contribution in [1.29, 1.82) is 0 Å². The lowest BCUT2D eigenvalue weighted by Crippen LogP contribution is -2.20. The molecule has 24 heavy (non-hydrogen) atoms. The Morgan fingerprint density at radius 3 is 2.67 bits per heavy atom. The smallest absolute Gasteiger partial charge is 0.123 e. The molecule has 0 spiro atoms. The SMILES string of the molecule is CC.Cc1nc2ccc(-c3ccc4c(c3)CN(C)CCO4)cc2[nH]1. The summed E-state index contributed by atoms with van der Waals surface area (Å²) in [5, 5.41) is 0. The summed E-state index contributed by atoms with van der Waals surface area (Å²) in [6, 6.07) is 12.8. The molecule has 1 aliphatic heterocycles. The van der Waals surface area contributed by atoms with E-state index in [2.05, 4.69) is 58.3 Å². The summed E-state index contributed by atoms with van der Waals surface area (Å²) >= 11 is 0. The van der Waals surface area contributed by atoms with Crippen molar-refractivity contribution in [3.63, 3.8) is 0 Å². The average molecular weight is 323 g/mol. The van der Waals surface area contributed by atoms with E-state index in [1.807, 2.05) is 20.8 Å². The second kappa shape index (κ2) is 7.05. The molecule has 0 aliphatic carbocycles. The van der Waals surface area contributed by atoms with Crippen LogP contribution in [-0.2, 0) is 6.54 Å². The van der Waals surface area contributed by atoms with Gasteiger partial charge in [-0.3, -0.25) is 4.90 Å². The normalized spacial score (nSPS) is 14.3. The number of ether oxygens (including phenoxy) is 1. The average Bonchev–Trinajstić information content (AvgIpc) is 2.86. The van der Waals surface area contributed by atoms with E-state index >= 15 is 0 Å². The maximum Gasteiger partial charge on any atom is 0.123 e. The lowest BCUT2D eigenvalue weighted by atomic mass is 10.0. The van der Waals surface area contributed by atoms with E-state index in [1.54, 1.807) is 0 Å². The van der Waals surface area contributed by atoms with Crippen LogP contribution in [-0.4, -0.2) is 35.1 Å². The molecule has 0 radical (unpaired) electrons. The molecule has 0 saturated heterocycles. The molecule has 1 N–H and O–H groups in total. The third-order valence-corrected chi connectivity index (χ3v) is 4.16. The molecule has 4 heteroatoms. The van der Waals surface area contributed by atoms with Crippen molar-refractivity contribution in [2.45, 2.75) is 27.3 Å². The van der Waals surface area contributed by atoms with Gasteiger partial charge in [-0.15, -0.1) is 0 Å². The molecule has 2 heterocycles. The first-order valence-corrected chi connectivity index (χ1v) is 8.60. The summed E-state index contributed by atoms with van der Waals surface area (Å²) < 4.78 is 5.83. The second-order valence-corrected chi connectivity index (χ2v) is 5.96. The number of H-pyrrole nitrogens is 1. The van der Waals surface area contributed by atoms with Crippen LogP contribution in [0, 0.1) is 6.92 Å². The minimum Gasteiger partial charge on any atom is -0.492 e. The van der Waals surface area contributed by atoms with Crippen molar-refractivity contribution < 1.29 is 4.74 Å². The first kappa shape index (κ1) is 16.5. The van der Waals surface area contributed by atoms with Crippen molar-refractivity contribution in [3.8, 4) is 16.9 Å². The van der Waals surface area contributed by atoms with Crippen LogP contribution in [0.2, 0.25) is 0 Å². The molecule has 2 aromatic carbocycles. The van der Waals surface area contributed by atoms with Crippen LogP contribution in [0.1, 0.15) is 25.2 Å². The zero-order valence-corrected chi connectivity index (χ0v) is 14.9. The molecule has 0 amide bonds. The number of aromatic amines is 1. The fourth-order valence-corrected chi connectivity index (χ4v) is 3.02. The lowest BCUT2D eigenvalue weighted by molar-refractivity contribution is 0.259. The molecule has 0 fully saturated rings. The first-order valence-electron chi connectivity index (χ1n) is 8.60. The Kier molecular flexibility index (Phi) is 4.86. The largest absolute Gasteiger partial charge is 0.492 e. The van der Waals surface area contributed by atoms with Crippen molar-refractivity contribution in [3.05, 3.63) is 47.8 Å². The van der Waals surface area contributed by atoms with Crippen LogP contribution in [0.25, 0.3) is 22.2 Å². The fourth-order valence-electron chi connectivity index (χ4n) is 3.02. The highest BCUT2D eigenvalue weighted by Gasteiger charge is 2.13. The molecule has 0 saturated carbocycles. The standard InChI is InChI=1S/C18H19N3O.C2H6/c1-12-19-16-5-3-14(10-17(16)20-12)13-4-6-18-15(9-13)11-21(2)7-8-22-18;1-2/h3-6,9-10H,7-8,11H2,1-2H3,(H,19,20);1-2H3. The number of fused-ring (bicyclic) bond motifs is 2. The summed E-state index contributed by atoms with van der Waals surface area (Å²) in [7, 11) is 2.13. The van der Waals surface area contributed by atoms with Gasteiger partial charge in [0, 0.05) is 18.7 Å². The van der Waals surface area contributed by atoms with Gasteiger partial charge in [0.05, 0.1) is 11.0 Å². The van der Waals surface area contributed by atoms with Crippen molar-refractivity contribution in [2.24, 2.45) is 0 Å². The monoisotopic (exact) mass is 323 g/mol. The predicted molar refractivity (Wildman–Crippen MR) is 99.4 cm³/mol. The van der Waals surface area contributed by atoms with Gasteiger partial charge in [0.15, 0.2) is 0 Å². The second-order valence-electron chi connectivity index (χ2n) is 5.96. The van der Waals surface area contributed by atoms with Crippen LogP contribution in [0.5, 0.6) is 5.75 Å². The Bertz CT molecular complexity index is 838. The lowest BCUT2D eigenvalue weighted by Gasteiger charge is -2.12. The number of nitrogens with one attached hydrogen (secondary N) is 1. The number of benzene rings is 2. The Hall–Kier alpha value is -2.33. The zero-order valence-electron chi connectivity index (χ0n) is 14.9. The number of nitrogens with zero attached hydrogens (tertiary/aromatic N) is 2. The van der Waals surface area contributed by atoms with Crippen molar-refractivity contribution in [1.82, 2.24) is 14.9 Å². The molecule has 1 aliphatic rings. The highest BCUT2D eigenvalue weighted by molar-refractivity contribution is 5.82. The molecular formula is C20H25N3O. The topological polar surface area (TPSA) is 41.2 Å². The van der Waals surface area contributed by atoms with Crippen LogP contribution >= 0.6 is 0 Å². The number of aryl methyl sites for hydroxylation is 1. The summed E-state index contributed by atoms with van der Waals surface area (Å²) in [6.45, 7) is 8.62. The summed E-state index contributed by atoms with van der Waals surface area (Å²) in [5.74, 6) is 1.95. The molecule has 4 nitrogen and oxygen atoms in total. The predicted octanol–water partition coefficient (Wildman–Crippen LogP) is 4.39. The molecular weight excluding hydrogens is 298 g/mol. The number of rotatable bonds is 1. The zero-order chi connectivity index (χ0) is 17.1. The van der Waals surface area contributed by atoms with Gasteiger partial charge in [-0.25, -0.2) is 4.98 Å². The van der Waals surface area contributed by atoms with Crippen LogP contribution < -0.4 is 4.74 Å². The molecule has 0 atom stereocenters. The van der Waals surface area contributed by atoms with Gasteiger partial charge in [-0.1, -0.05) is 26.0 Å². The molecule has 3 aromatic rings. The van der Waals surface area contributed by atoms with Crippen molar-refractivity contribution in [2.75, 3.05) is 20.2 Å². The Morgan fingerprint density at radius 2 is 1.83 bits per heavy atom. The number of likely N-dealkylation sites (N-methyl/N-ethyl adjacent to an activating group) is 1. The molecule has 0 unspecified atom stereocenters. The molecule has 1 aromatic heterocycles.